The van der Waals surface area contributed by atoms with Crippen molar-refractivity contribution in [1.82, 2.24) is 5.32 Å². The first kappa shape index (κ1) is 26.4. The average molecular weight is 523 g/mol. The van der Waals surface area contributed by atoms with Crippen LogP contribution in [0.4, 0.5) is 10.5 Å². The third kappa shape index (κ3) is 7.40. The van der Waals surface area contributed by atoms with Gasteiger partial charge in [-0.05, 0) is 68.3 Å². The second-order valence-electron chi connectivity index (χ2n) is 9.76. The van der Waals surface area contributed by atoms with Crippen LogP contribution in [-0.2, 0) is 22.6 Å². The van der Waals surface area contributed by atoms with Crippen molar-refractivity contribution in [3.8, 4) is 11.5 Å². The van der Waals surface area contributed by atoms with E-state index in [2.05, 4.69) is 5.32 Å². The third-order valence-corrected chi connectivity index (χ3v) is 5.88. The summed E-state index contributed by atoms with van der Waals surface area (Å²) in [5.41, 5.74) is 2.10. The number of benzene rings is 3. The first-order valence-electron chi connectivity index (χ1n) is 12.2. The SMILES string of the molecule is CC(C)(C)OC(=O)NCc1ccc(OCCC2Oc3ccccc3N(Cc3ccc(Cl)cc3)C2=O)cc1. The molecule has 3 aromatic rings. The first-order valence-corrected chi connectivity index (χ1v) is 12.6. The van der Waals surface area contributed by atoms with Crippen molar-refractivity contribution in [3.05, 3.63) is 88.9 Å². The van der Waals surface area contributed by atoms with Crippen molar-refractivity contribution in [3.63, 3.8) is 0 Å². The molecule has 1 heterocycles. The van der Waals surface area contributed by atoms with Gasteiger partial charge >= 0.3 is 6.09 Å². The standard InChI is InChI=1S/C29H31ClN2O5/c1-29(2,3)37-28(34)31-18-20-10-14-23(15-11-20)35-17-16-26-27(33)32(19-21-8-12-22(30)13-9-21)24-6-4-5-7-25(24)36-26/h4-15,26H,16-19H2,1-3H3,(H,31,34). The van der Waals surface area contributed by atoms with Crippen LogP contribution in [0.15, 0.2) is 72.8 Å². The molecule has 37 heavy (non-hydrogen) atoms. The van der Waals surface area contributed by atoms with Crippen LogP contribution < -0.4 is 19.7 Å². The normalized spacial score (nSPS) is 15.0. The van der Waals surface area contributed by atoms with Gasteiger partial charge in [0.2, 0.25) is 0 Å². The Morgan fingerprint density at radius 2 is 1.68 bits per heavy atom. The van der Waals surface area contributed by atoms with Crippen molar-refractivity contribution in [2.24, 2.45) is 0 Å². The number of fused-ring (bicyclic) bond motifs is 1. The molecule has 1 aliphatic heterocycles. The number of hydrogen-bond donors (Lipinski definition) is 1. The van der Waals surface area contributed by atoms with Crippen molar-refractivity contribution in [2.75, 3.05) is 11.5 Å². The Morgan fingerprint density at radius 1 is 1.00 bits per heavy atom. The number of amides is 2. The fourth-order valence-electron chi connectivity index (χ4n) is 3.87. The van der Waals surface area contributed by atoms with Gasteiger partial charge in [-0.3, -0.25) is 4.79 Å². The number of carbonyl (C=O) groups excluding carboxylic acids is 2. The van der Waals surface area contributed by atoms with Crippen LogP contribution in [-0.4, -0.2) is 30.3 Å². The molecule has 0 aliphatic carbocycles. The molecule has 1 N–H and O–H groups in total. The van der Waals surface area contributed by atoms with E-state index in [1.165, 1.54) is 0 Å². The Bertz CT molecular complexity index is 1220. The lowest BCUT2D eigenvalue weighted by Gasteiger charge is -2.34. The van der Waals surface area contributed by atoms with E-state index in [9.17, 15) is 9.59 Å². The van der Waals surface area contributed by atoms with Crippen LogP contribution >= 0.6 is 11.6 Å². The van der Waals surface area contributed by atoms with Gasteiger partial charge in [0.25, 0.3) is 5.91 Å². The van der Waals surface area contributed by atoms with Crippen LogP contribution in [0.1, 0.15) is 38.3 Å². The van der Waals surface area contributed by atoms with Gasteiger partial charge < -0.3 is 24.4 Å². The molecule has 0 saturated carbocycles. The van der Waals surface area contributed by atoms with Crippen LogP contribution in [0.3, 0.4) is 0 Å². The van der Waals surface area contributed by atoms with Crippen molar-refractivity contribution >= 4 is 29.3 Å². The van der Waals surface area contributed by atoms with Crippen LogP contribution in [0, 0.1) is 0 Å². The maximum absolute atomic E-state index is 13.3. The molecule has 0 aromatic heterocycles. The molecule has 7 nitrogen and oxygen atoms in total. The van der Waals surface area contributed by atoms with E-state index in [4.69, 9.17) is 25.8 Å². The number of hydrogen-bond acceptors (Lipinski definition) is 5. The van der Waals surface area contributed by atoms with Gasteiger partial charge in [-0.25, -0.2) is 4.79 Å². The summed E-state index contributed by atoms with van der Waals surface area (Å²) in [6.07, 6.45) is -0.720. The highest BCUT2D eigenvalue weighted by molar-refractivity contribution is 6.30. The molecule has 0 saturated heterocycles. The zero-order chi connectivity index (χ0) is 26.4. The van der Waals surface area contributed by atoms with Crippen molar-refractivity contribution in [1.29, 1.82) is 0 Å². The van der Waals surface area contributed by atoms with E-state index >= 15 is 0 Å². The number of alkyl carbamates (subject to hydrolysis) is 1. The van der Waals surface area contributed by atoms with Crippen LogP contribution in [0.5, 0.6) is 11.5 Å². The molecule has 0 fully saturated rings. The summed E-state index contributed by atoms with van der Waals surface area (Å²) < 4.78 is 17.2. The Morgan fingerprint density at radius 3 is 2.38 bits per heavy atom. The lowest BCUT2D eigenvalue weighted by molar-refractivity contribution is -0.127. The zero-order valence-electron chi connectivity index (χ0n) is 21.2. The molecular weight excluding hydrogens is 492 g/mol. The fourth-order valence-corrected chi connectivity index (χ4v) is 4.00. The van der Waals surface area contributed by atoms with E-state index in [1.54, 1.807) is 4.90 Å². The third-order valence-electron chi connectivity index (χ3n) is 5.63. The highest BCUT2D eigenvalue weighted by Gasteiger charge is 2.34. The van der Waals surface area contributed by atoms with Gasteiger partial charge in [0.05, 0.1) is 18.8 Å². The number of ether oxygens (including phenoxy) is 3. The van der Waals surface area contributed by atoms with Gasteiger partial charge in [0.15, 0.2) is 6.10 Å². The van der Waals surface area contributed by atoms with E-state index < -0.39 is 17.8 Å². The molecular formula is C29H31ClN2O5. The molecule has 3 aromatic carbocycles. The maximum atomic E-state index is 13.3. The molecule has 8 heteroatoms. The lowest BCUT2D eigenvalue weighted by atomic mass is 10.1. The van der Waals surface area contributed by atoms with Gasteiger partial charge in [-0.1, -0.05) is 48.0 Å². The molecule has 4 rings (SSSR count). The number of para-hydroxylation sites is 2. The predicted molar refractivity (Wildman–Crippen MR) is 143 cm³/mol. The van der Waals surface area contributed by atoms with Gasteiger partial charge in [-0.2, -0.15) is 0 Å². The van der Waals surface area contributed by atoms with Crippen LogP contribution in [0.25, 0.3) is 0 Å². The maximum Gasteiger partial charge on any atom is 0.407 e. The smallest absolute Gasteiger partial charge is 0.407 e. The van der Waals surface area contributed by atoms with E-state index in [0.717, 1.165) is 16.8 Å². The van der Waals surface area contributed by atoms with Crippen molar-refractivity contribution in [2.45, 2.75) is 52.0 Å². The molecule has 2 amide bonds. The summed E-state index contributed by atoms with van der Waals surface area (Å²) in [5, 5.41) is 3.38. The van der Waals surface area contributed by atoms with E-state index in [0.29, 0.717) is 42.6 Å². The summed E-state index contributed by atoms with van der Waals surface area (Å²) in [7, 11) is 0. The number of rotatable bonds is 8. The van der Waals surface area contributed by atoms with Gasteiger partial charge in [0.1, 0.15) is 17.1 Å². The Labute approximate surface area is 222 Å². The monoisotopic (exact) mass is 522 g/mol. The largest absolute Gasteiger partial charge is 0.493 e. The minimum absolute atomic E-state index is 0.110. The van der Waals surface area contributed by atoms with Crippen molar-refractivity contribution < 1.29 is 23.8 Å². The summed E-state index contributed by atoms with van der Waals surface area (Å²) in [6.45, 7) is 6.54. The second kappa shape index (κ2) is 11.6. The second-order valence-corrected chi connectivity index (χ2v) is 10.2. The van der Waals surface area contributed by atoms with E-state index in [1.807, 2.05) is 93.6 Å². The van der Waals surface area contributed by atoms with Gasteiger partial charge in [0, 0.05) is 18.0 Å². The molecule has 1 aliphatic rings. The summed E-state index contributed by atoms with van der Waals surface area (Å²) in [4.78, 5) is 26.9. The number of nitrogens with zero attached hydrogens (tertiary/aromatic N) is 1. The highest BCUT2D eigenvalue weighted by Crippen LogP contribution is 2.35. The summed E-state index contributed by atoms with van der Waals surface area (Å²) >= 11 is 6.02. The lowest BCUT2D eigenvalue weighted by Crippen LogP contribution is -2.46. The number of anilines is 1. The number of halogens is 1. The topological polar surface area (TPSA) is 77.1 Å². The van der Waals surface area contributed by atoms with E-state index in [-0.39, 0.29) is 5.91 Å². The first-order chi connectivity index (χ1) is 17.7. The minimum Gasteiger partial charge on any atom is -0.493 e. The molecule has 1 atom stereocenters. The van der Waals surface area contributed by atoms with Crippen LogP contribution in [0.2, 0.25) is 5.02 Å². The molecule has 0 spiro atoms. The zero-order valence-corrected chi connectivity index (χ0v) is 22.0. The quantitative estimate of drug-likeness (QED) is 0.385. The Hall–Kier alpha value is -3.71. The molecule has 1 unspecified atom stereocenters. The molecule has 194 valence electrons. The summed E-state index contributed by atoms with van der Waals surface area (Å²) in [5.74, 6) is 1.23. The summed E-state index contributed by atoms with van der Waals surface area (Å²) in [6, 6.07) is 22.4. The number of nitrogens with one attached hydrogen (secondary N) is 1. The fraction of sp³-hybridized carbons (Fsp3) is 0.310. The predicted octanol–water partition coefficient (Wildman–Crippen LogP) is 6.13. The number of carbonyl (C=O) groups is 2. The highest BCUT2D eigenvalue weighted by atomic mass is 35.5. The Kier molecular flexibility index (Phi) is 8.24. The minimum atomic E-state index is -0.653. The average Bonchev–Trinajstić information content (AvgIpc) is 2.86. The molecule has 0 bridgehead atoms. The Balaban J connectivity index is 1.32. The molecule has 0 radical (unpaired) electrons. The van der Waals surface area contributed by atoms with Gasteiger partial charge in [-0.15, -0.1) is 0 Å².